The summed E-state index contributed by atoms with van der Waals surface area (Å²) >= 11 is 0. The van der Waals surface area contributed by atoms with Gasteiger partial charge < -0.3 is 24.4 Å². The third kappa shape index (κ3) is 6.74. The number of aromatic hydroxyl groups is 1. The number of nitrogens with zero attached hydrogens (tertiary/aromatic N) is 4. The average Bonchev–Trinajstić information content (AvgIpc) is 3.25. The molecule has 1 saturated heterocycles. The standard InChI is InChI=1S/C31H35N5O5/c1-31(2,40)20-36-26-17-21(18-35-15-13-34(3)14-16-35)7-12-25(26)32-30(36)33-29(39)22-8-10-23(11-9-22)41-28-6-4-5-27(38)24(28)19-37/h4-12,17,19,38,40H,13-16,18,20H2,1-3H3,(H,32,33,39). The van der Waals surface area contributed by atoms with Crippen molar-refractivity contribution in [2.45, 2.75) is 32.5 Å². The Morgan fingerprint density at radius 1 is 1.07 bits per heavy atom. The van der Waals surface area contributed by atoms with Crippen molar-refractivity contribution < 1.29 is 24.5 Å². The van der Waals surface area contributed by atoms with Gasteiger partial charge in [0.25, 0.3) is 5.91 Å². The number of fused-ring (bicyclic) bond motifs is 1. The average molecular weight is 558 g/mol. The van der Waals surface area contributed by atoms with Crippen molar-refractivity contribution in [3.63, 3.8) is 0 Å². The summed E-state index contributed by atoms with van der Waals surface area (Å²) in [6.07, 6.45) is 0.529. The van der Waals surface area contributed by atoms with Gasteiger partial charge in [-0.3, -0.25) is 19.8 Å². The van der Waals surface area contributed by atoms with Gasteiger partial charge in [0, 0.05) is 38.3 Å². The third-order valence-electron chi connectivity index (χ3n) is 7.09. The number of hydrogen-bond acceptors (Lipinski definition) is 8. The number of nitrogens with one attached hydrogen (secondary N) is 1. The highest BCUT2D eigenvalue weighted by molar-refractivity contribution is 6.04. The first kappa shape index (κ1) is 28.3. The lowest BCUT2D eigenvalue weighted by Crippen LogP contribution is -2.43. The Hall–Kier alpha value is -4.25. The summed E-state index contributed by atoms with van der Waals surface area (Å²) in [5, 5.41) is 23.4. The summed E-state index contributed by atoms with van der Waals surface area (Å²) in [6.45, 7) is 8.61. The van der Waals surface area contributed by atoms with Crippen LogP contribution in [-0.2, 0) is 13.1 Å². The van der Waals surface area contributed by atoms with Crippen molar-refractivity contribution >= 4 is 29.2 Å². The zero-order chi connectivity index (χ0) is 29.1. The molecule has 3 N–H and O–H groups in total. The maximum Gasteiger partial charge on any atom is 0.257 e. The predicted octanol–water partition coefficient (Wildman–Crippen LogP) is 4.12. The molecule has 1 amide bonds. The molecule has 2 heterocycles. The molecule has 0 bridgehead atoms. The van der Waals surface area contributed by atoms with E-state index in [4.69, 9.17) is 4.74 Å². The first-order chi connectivity index (χ1) is 19.6. The number of aldehydes is 1. The summed E-state index contributed by atoms with van der Waals surface area (Å²) in [7, 11) is 2.14. The van der Waals surface area contributed by atoms with Crippen molar-refractivity contribution in [3.8, 4) is 17.2 Å². The van der Waals surface area contributed by atoms with Crippen molar-refractivity contribution in [1.29, 1.82) is 0 Å². The number of ether oxygens (including phenoxy) is 1. The number of aromatic nitrogens is 2. The number of phenolic OH excluding ortho intramolecular Hbond substituents is 1. The van der Waals surface area contributed by atoms with Gasteiger partial charge in [-0.25, -0.2) is 4.98 Å². The quantitative estimate of drug-likeness (QED) is 0.263. The maximum absolute atomic E-state index is 13.2. The van der Waals surface area contributed by atoms with Crippen LogP contribution in [0.5, 0.6) is 17.2 Å². The summed E-state index contributed by atoms with van der Waals surface area (Å²) in [5.41, 5.74) is 2.11. The van der Waals surface area contributed by atoms with Crippen LogP contribution >= 0.6 is 0 Å². The smallest absolute Gasteiger partial charge is 0.257 e. The maximum atomic E-state index is 13.2. The summed E-state index contributed by atoms with van der Waals surface area (Å²) in [4.78, 5) is 34.0. The van der Waals surface area contributed by atoms with Gasteiger partial charge in [0.1, 0.15) is 17.2 Å². The number of hydrogen-bond donors (Lipinski definition) is 3. The van der Waals surface area contributed by atoms with Gasteiger partial charge in [-0.05, 0) is 75.0 Å². The number of benzene rings is 3. The number of phenols is 1. The molecular formula is C31H35N5O5. The zero-order valence-electron chi connectivity index (χ0n) is 23.5. The highest BCUT2D eigenvalue weighted by Crippen LogP contribution is 2.30. The van der Waals surface area contributed by atoms with Crippen LogP contribution in [0.1, 0.15) is 40.1 Å². The lowest BCUT2D eigenvalue weighted by Gasteiger charge is -2.32. The van der Waals surface area contributed by atoms with Crippen molar-refractivity contribution in [2.75, 3.05) is 38.5 Å². The van der Waals surface area contributed by atoms with E-state index in [1.807, 2.05) is 10.6 Å². The Kier molecular flexibility index (Phi) is 8.07. The molecule has 0 radical (unpaired) electrons. The number of aliphatic hydroxyl groups is 1. The Bertz CT molecular complexity index is 1550. The minimum Gasteiger partial charge on any atom is -0.507 e. The van der Waals surface area contributed by atoms with Gasteiger partial charge >= 0.3 is 0 Å². The fourth-order valence-electron chi connectivity index (χ4n) is 4.89. The normalized spacial score (nSPS) is 14.7. The molecule has 41 heavy (non-hydrogen) atoms. The van der Waals surface area contributed by atoms with E-state index in [1.165, 1.54) is 6.07 Å². The van der Waals surface area contributed by atoms with E-state index in [1.54, 1.807) is 50.2 Å². The van der Waals surface area contributed by atoms with E-state index in [0.717, 1.165) is 49.3 Å². The molecule has 10 heteroatoms. The van der Waals surface area contributed by atoms with Crippen LogP contribution in [0, 0.1) is 0 Å². The summed E-state index contributed by atoms with van der Waals surface area (Å²) < 4.78 is 7.59. The van der Waals surface area contributed by atoms with E-state index in [9.17, 15) is 19.8 Å². The molecule has 5 rings (SSSR count). The predicted molar refractivity (Wildman–Crippen MR) is 157 cm³/mol. The van der Waals surface area contributed by atoms with Crippen LogP contribution < -0.4 is 10.1 Å². The van der Waals surface area contributed by atoms with E-state index in [-0.39, 0.29) is 29.5 Å². The third-order valence-corrected chi connectivity index (χ3v) is 7.09. The van der Waals surface area contributed by atoms with Gasteiger partial charge in [0.05, 0.1) is 28.7 Å². The SMILES string of the molecule is CN1CCN(Cc2ccc3nc(NC(=O)c4ccc(Oc5cccc(O)c5C=O)cc4)n(CC(C)(C)O)c3c2)CC1. The number of amides is 1. The lowest BCUT2D eigenvalue weighted by atomic mass is 10.1. The molecule has 1 aromatic heterocycles. The first-order valence-corrected chi connectivity index (χ1v) is 13.6. The lowest BCUT2D eigenvalue weighted by molar-refractivity contribution is 0.0630. The fourth-order valence-corrected chi connectivity index (χ4v) is 4.89. The van der Waals surface area contributed by atoms with Crippen LogP contribution in [0.25, 0.3) is 11.0 Å². The van der Waals surface area contributed by atoms with Crippen LogP contribution in [0.4, 0.5) is 5.95 Å². The largest absolute Gasteiger partial charge is 0.507 e. The molecule has 3 aromatic carbocycles. The summed E-state index contributed by atoms with van der Waals surface area (Å²) in [5.74, 6) is 0.419. The monoisotopic (exact) mass is 557 g/mol. The molecule has 0 aliphatic carbocycles. The van der Waals surface area contributed by atoms with Crippen molar-refractivity contribution in [1.82, 2.24) is 19.4 Å². The number of carbonyl (C=O) groups is 2. The molecule has 214 valence electrons. The van der Waals surface area contributed by atoms with Crippen LogP contribution in [-0.4, -0.2) is 80.6 Å². The molecule has 4 aromatic rings. The minimum atomic E-state index is -1.04. The Balaban J connectivity index is 1.36. The van der Waals surface area contributed by atoms with E-state index < -0.39 is 5.60 Å². The van der Waals surface area contributed by atoms with Crippen LogP contribution in [0.15, 0.2) is 60.7 Å². The van der Waals surface area contributed by atoms with Crippen molar-refractivity contribution in [3.05, 3.63) is 77.4 Å². The second kappa shape index (κ2) is 11.7. The van der Waals surface area contributed by atoms with Crippen LogP contribution in [0.2, 0.25) is 0 Å². The molecular weight excluding hydrogens is 522 g/mol. The number of piperazine rings is 1. The Morgan fingerprint density at radius 2 is 1.80 bits per heavy atom. The number of imidazole rings is 1. The zero-order valence-corrected chi connectivity index (χ0v) is 23.5. The van der Waals surface area contributed by atoms with Crippen LogP contribution in [0.3, 0.4) is 0 Å². The number of rotatable bonds is 9. The summed E-state index contributed by atoms with van der Waals surface area (Å²) in [6, 6.07) is 17.1. The second-order valence-corrected chi connectivity index (χ2v) is 11.1. The van der Waals surface area contributed by atoms with Gasteiger partial charge in [0.15, 0.2) is 6.29 Å². The highest BCUT2D eigenvalue weighted by atomic mass is 16.5. The molecule has 0 unspecified atom stereocenters. The molecule has 10 nitrogen and oxygen atoms in total. The molecule has 1 aliphatic rings. The Morgan fingerprint density at radius 3 is 2.49 bits per heavy atom. The number of likely N-dealkylation sites (N-methyl/N-ethyl adjacent to an activating group) is 1. The van der Waals surface area contributed by atoms with Gasteiger partial charge in [-0.2, -0.15) is 0 Å². The second-order valence-electron chi connectivity index (χ2n) is 11.1. The molecule has 1 fully saturated rings. The first-order valence-electron chi connectivity index (χ1n) is 13.6. The molecule has 1 aliphatic heterocycles. The van der Waals surface area contributed by atoms with E-state index >= 15 is 0 Å². The Labute approximate surface area is 238 Å². The topological polar surface area (TPSA) is 120 Å². The molecule has 0 spiro atoms. The van der Waals surface area contributed by atoms with Gasteiger partial charge in [-0.15, -0.1) is 0 Å². The van der Waals surface area contributed by atoms with E-state index in [2.05, 4.69) is 39.3 Å². The molecule has 0 atom stereocenters. The fraction of sp³-hybridized carbons (Fsp3) is 0.323. The molecule has 0 saturated carbocycles. The number of carbonyl (C=O) groups excluding carboxylic acids is 2. The van der Waals surface area contributed by atoms with Gasteiger partial charge in [-0.1, -0.05) is 12.1 Å². The van der Waals surface area contributed by atoms with Crippen molar-refractivity contribution in [2.24, 2.45) is 0 Å². The minimum absolute atomic E-state index is 0.0479. The highest BCUT2D eigenvalue weighted by Gasteiger charge is 2.22. The van der Waals surface area contributed by atoms with Gasteiger partial charge in [0.2, 0.25) is 5.95 Å². The number of anilines is 1. The van der Waals surface area contributed by atoms with E-state index in [0.29, 0.717) is 23.5 Å².